The summed E-state index contributed by atoms with van der Waals surface area (Å²) >= 11 is 0.591. The van der Waals surface area contributed by atoms with Crippen molar-refractivity contribution in [2.45, 2.75) is 36.3 Å². The van der Waals surface area contributed by atoms with Crippen LogP contribution in [-0.2, 0) is 26.5 Å². The summed E-state index contributed by atoms with van der Waals surface area (Å²) in [6.45, 7) is 0.622. The fraction of sp³-hybridized carbons (Fsp3) is 0.286. The summed E-state index contributed by atoms with van der Waals surface area (Å²) in [7, 11) is 0. The first-order valence-electron chi connectivity index (χ1n) is 11.7. The molecule has 7 heteroatoms. The van der Waals surface area contributed by atoms with E-state index in [-0.39, 0.29) is 11.8 Å². The second kappa shape index (κ2) is 14.6. The van der Waals surface area contributed by atoms with Crippen LogP contribution in [-0.4, -0.2) is 34.9 Å². The molecule has 0 aliphatic carbocycles. The van der Waals surface area contributed by atoms with Crippen LogP contribution in [0.3, 0.4) is 0 Å². The van der Waals surface area contributed by atoms with Gasteiger partial charge < -0.3 is 15.2 Å². The van der Waals surface area contributed by atoms with Gasteiger partial charge in [-0.1, -0.05) is 61.0 Å². The van der Waals surface area contributed by atoms with E-state index in [1.807, 2.05) is 66.7 Å². The predicted octanol–water partition coefficient (Wildman–Crippen LogP) is 5.64. The number of carbonyl (C=O) groups excluding carboxylic acids is 2. The van der Waals surface area contributed by atoms with Gasteiger partial charge in [0.15, 0.2) is 4.90 Å². The summed E-state index contributed by atoms with van der Waals surface area (Å²) in [6.07, 6.45) is 4.64. The number of anilines is 1. The maximum Gasteiger partial charge on any atom is 0.230 e. The van der Waals surface area contributed by atoms with Crippen LogP contribution in [0.2, 0.25) is 0 Å². The standard InChI is InChI=1S/C28H32N2O3S2/c1-35(33)26-16-14-22(15-17-26)20-34-21-28(32)29-18-7-3-6-13-27(31)30-25-12-8-11-24(19-25)23-9-4-2-5-10-23/h2,4-5,8-12,14-17,19H,3,6-7,13,18,20-21H2,1H3,(H,29,32)(H,30,31). The fourth-order valence-electron chi connectivity index (χ4n) is 3.54. The summed E-state index contributed by atoms with van der Waals surface area (Å²) in [5, 5.41) is 5.92. The third-order valence-corrected chi connectivity index (χ3v) is 7.35. The number of thioether (sulfide) groups is 1. The van der Waals surface area contributed by atoms with Crippen molar-refractivity contribution in [3.05, 3.63) is 84.4 Å². The second-order valence-corrected chi connectivity index (χ2v) is 10.6. The van der Waals surface area contributed by atoms with Crippen LogP contribution >= 0.6 is 11.8 Å². The van der Waals surface area contributed by atoms with Crippen LogP contribution in [0, 0.1) is 0 Å². The Kier molecular flexibility index (Phi) is 11.2. The first kappa shape index (κ1) is 26.9. The van der Waals surface area contributed by atoms with Crippen molar-refractivity contribution in [1.82, 2.24) is 5.32 Å². The van der Waals surface area contributed by atoms with Gasteiger partial charge in [-0.25, -0.2) is 0 Å². The maximum absolute atomic E-state index is 12.3. The third-order valence-electron chi connectivity index (χ3n) is 5.41. The minimum Gasteiger partial charge on any atom is -0.612 e. The van der Waals surface area contributed by atoms with E-state index in [2.05, 4.69) is 22.8 Å². The molecule has 3 aromatic rings. The maximum atomic E-state index is 12.3. The molecule has 2 N–H and O–H groups in total. The Morgan fingerprint density at radius 3 is 2.34 bits per heavy atom. The highest BCUT2D eigenvalue weighted by Gasteiger charge is 2.06. The van der Waals surface area contributed by atoms with Gasteiger partial charge in [0.25, 0.3) is 0 Å². The molecule has 0 heterocycles. The molecule has 0 saturated heterocycles. The van der Waals surface area contributed by atoms with Gasteiger partial charge in [0, 0.05) is 24.4 Å². The highest BCUT2D eigenvalue weighted by atomic mass is 32.2. The third kappa shape index (κ3) is 9.80. The van der Waals surface area contributed by atoms with E-state index >= 15 is 0 Å². The van der Waals surface area contributed by atoms with Gasteiger partial charge in [-0.05, 0) is 65.0 Å². The van der Waals surface area contributed by atoms with Crippen LogP contribution in [0.4, 0.5) is 5.69 Å². The molecule has 0 spiro atoms. The molecule has 3 rings (SSSR count). The van der Waals surface area contributed by atoms with Crippen molar-refractivity contribution in [2.75, 3.05) is 23.9 Å². The molecule has 0 aromatic heterocycles. The Bertz CT molecular complexity index is 1070. The molecular weight excluding hydrogens is 476 g/mol. The van der Waals surface area contributed by atoms with E-state index in [1.165, 1.54) is 0 Å². The molecule has 0 saturated carbocycles. The van der Waals surface area contributed by atoms with Gasteiger partial charge in [-0.15, -0.1) is 11.8 Å². The van der Waals surface area contributed by atoms with Crippen LogP contribution in [0.25, 0.3) is 11.1 Å². The van der Waals surface area contributed by atoms with E-state index in [0.29, 0.717) is 18.7 Å². The summed E-state index contributed by atoms with van der Waals surface area (Å²) in [4.78, 5) is 25.1. The summed E-state index contributed by atoms with van der Waals surface area (Å²) in [6, 6.07) is 25.6. The lowest BCUT2D eigenvalue weighted by Gasteiger charge is -2.08. The summed E-state index contributed by atoms with van der Waals surface area (Å²) < 4.78 is 11.4. The largest absolute Gasteiger partial charge is 0.612 e. The zero-order chi connectivity index (χ0) is 24.9. The van der Waals surface area contributed by atoms with Crippen molar-refractivity contribution >= 4 is 40.4 Å². The van der Waals surface area contributed by atoms with Gasteiger partial charge in [0.1, 0.15) is 6.26 Å². The molecule has 0 aliphatic heterocycles. The quantitative estimate of drug-likeness (QED) is 0.231. The Balaban J connectivity index is 1.24. The minimum atomic E-state index is -0.970. The molecule has 35 heavy (non-hydrogen) atoms. The number of unbranched alkanes of at least 4 members (excludes halogenated alkanes) is 2. The minimum absolute atomic E-state index is 0.00820. The average Bonchev–Trinajstić information content (AvgIpc) is 2.87. The molecule has 5 nitrogen and oxygen atoms in total. The lowest BCUT2D eigenvalue weighted by Crippen LogP contribution is -2.26. The number of rotatable bonds is 13. The molecule has 1 unspecified atom stereocenters. The highest BCUT2D eigenvalue weighted by Crippen LogP contribution is 2.22. The van der Waals surface area contributed by atoms with Crippen molar-refractivity contribution < 1.29 is 14.1 Å². The molecule has 0 fully saturated rings. The van der Waals surface area contributed by atoms with E-state index in [0.717, 1.165) is 52.3 Å². The summed E-state index contributed by atoms with van der Waals surface area (Å²) in [5.41, 5.74) is 4.11. The van der Waals surface area contributed by atoms with E-state index in [9.17, 15) is 14.1 Å². The van der Waals surface area contributed by atoms with Crippen molar-refractivity contribution in [3.63, 3.8) is 0 Å². The molecule has 2 amide bonds. The monoisotopic (exact) mass is 508 g/mol. The van der Waals surface area contributed by atoms with E-state index in [1.54, 1.807) is 18.0 Å². The lowest BCUT2D eigenvalue weighted by atomic mass is 10.1. The SMILES string of the molecule is C[S+]([O-])c1ccc(CSCC(=O)NCCCCCC(=O)Nc2cccc(-c3ccccc3)c2)cc1. The van der Waals surface area contributed by atoms with E-state index in [4.69, 9.17) is 0 Å². The highest BCUT2D eigenvalue weighted by molar-refractivity contribution is 7.99. The zero-order valence-electron chi connectivity index (χ0n) is 20.0. The number of hydrogen-bond acceptors (Lipinski definition) is 4. The topological polar surface area (TPSA) is 81.3 Å². The number of benzene rings is 3. The smallest absolute Gasteiger partial charge is 0.230 e. The predicted molar refractivity (Wildman–Crippen MR) is 147 cm³/mol. The molecule has 0 bridgehead atoms. The normalized spacial score (nSPS) is 11.6. The molecule has 184 valence electrons. The Labute approximate surface area is 215 Å². The van der Waals surface area contributed by atoms with Crippen LogP contribution in [0.15, 0.2) is 83.8 Å². The Morgan fingerprint density at radius 1 is 0.857 bits per heavy atom. The van der Waals surface area contributed by atoms with Gasteiger partial charge in [-0.3, -0.25) is 9.59 Å². The van der Waals surface area contributed by atoms with Gasteiger partial charge in [0.05, 0.1) is 5.75 Å². The van der Waals surface area contributed by atoms with Crippen LogP contribution in [0.1, 0.15) is 31.2 Å². The fourth-order valence-corrected chi connectivity index (χ4v) is 4.87. The first-order valence-corrected chi connectivity index (χ1v) is 14.4. The second-order valence-electron chi connectivity index (χ2n) is 8.25. The number of hydrogen-bond donors (Lipinski definition) is 2. The molecule has 0 aliphatic rings. The van der Waals surface area contributed by atoms with E-state index < -0.39 is 11.2 Å². The molecule has 3 aromatic carbocycles. The van der Waals surface area contributed by atoms with Crippen LogP contribution in [0.5, 0.6) is 0 Å². The van der Waals surface area contributed by atoms with Crippen molar-refractivity contribution in [1.29, 1.82) is 0 Å². The van der Waals surface area contributed by atoms with Gasteiger partial charge in [0.2, 0.25) is 11.8 Å². The Hall–Kier alpha value is -2.74. The van der Waals surface area contributed by atoms with Crippen molar-refractivity contribution in [3.8, 4) is 11.1 Å². The van der Waals surface area contributed by atoms with Crippen LogP contribution < -0.4 is 10.6 Å². The molecular formula is C28H32N2O3S2. The van der Waals surface area contributed by atoms with Gasteiger partial charge in [-0.2, -0.15) is 0 Å². The average molecular weight is 509 g/mol. The van der Waals surface area contributed by atoms with Gasteiger partial charge >= 0.3 is 0 Å². The number of carbonyl (C=O) groups is 2. The number of nitrogens with one attached hydrogen (secondary N) is 2. The molecule has 1 atom stereocenters. The molecule has 0 radical (unpaired) electrons. The number of amides is 2. The first-order chi connectivity index (χ1) is 17.0. The zero-order valence-corrected chi connectivity index (χ0v) is 21.6. The Morgan fingerprint density at radius 2 is 1.60 bits per heavy atom. The van der Waals surface area contributed by atoms with Crippen molar-refractivity contribution in [2.24, 2.45) is 0 Å². The summed E-state index contributed by atoms with van der Waals surface area (Å²) in [5.74, 6) is 1.19. The lowest BCUT2D eigenvalue weighted by molar-refractivity contribution is -0.118.